The van der Waals surface area contributed by atoms with Crippen LogP contribution in [-0.2, 0) is 12.8 Å². The van der Waals surface area contributed by atoms with Gasteiger partial charge in [0.2, 0.25) is 0 Å². The second-order valence-electron chi connectivity index (χ2n) is 4.01. The zero-order valence-electron chi connectivity index (χ0n) is 8.68. The molecule has 2 N–H and O–H groups in total. The molecule has 0 unspecified atom stereocenters. The first kappa shape index (κ1) is 9.69. The first-order chi connectivity index (χ1) is 7.75. The average molecular weight is 214 g/mol. The largest absolute Gasteiger partial charge is 0.707 e. The Morgan fingerprint density at radius 3 is 2.50 bits per heavy atom. The summed E-state index contributed by atoms with van der Waals surface area (Å²) >= 11 is 0. The van der Waals surface area contributed by atoms with Crippen LogP contribution in [0.25, 0.3) is 10.8 Å². The standard InChI is InChI=1S/C12H11BO3/c14-13(15)16-11-7-6-9-5-4-8-2-1-3-10(11)12(8)9/h1-3,6-7,14-15H,4-5H2. The SMILES string of the molecule is OB(O)Oc1ccc2c3c(cccc13)CC2. The second kappa shape index (κ2) is 3.51. The molecular formula is C12H11BO3. The Labute approximate surface area is 93.5 Å². The van der Waals surface area contributed by atoms with Gasteiger partial charge in [-0.15, -0.1) is 0 Å². The third kappa shape index (κ3) is 1.38. The van der Waals surface area contributed by atoms with Crippen molar-refractivity contribution >= 4 is 18.1 Å². The fraction of sp³-hybridized carbons (Fsp3) is 0.167. The number of hydrogen-bond donors (Lipinski definition) is 2. The van der Waals surface area contributed by atoms with Gasteiger partial charge in [0.25, 0.3) is 0 Å². The Kier molecular flexibility index (Phi) is 2.12. The van der Waals surface area contributed by atoms with Crippen LogP contribution in [0.2, 0.25) is 0 Å². The Hall–Kier alpha value is -1.52. The molecule has 3 nitrogen and oxygen atoms in total. The highest BCUT2D eigenvalue weighted by Gasteiger charge is 2.19. The van der Waals surface area contributed by atoms with Crippen LogP contribution in [-0.4, -0.2) is 17.4 Å². The zero-order chi connectivity index (χ0) is 11.1. The summed E-state index contributed by atoms with van der Waals surface area (Å²) in [6, 6.07) is 9.83. The van der Waals surface area contributed by atoms with E-state index in [-0.39, 0.29) is 0 Å². The maximum Gasteiger partial charge on any atom is 0.707 e. The van der Waals surface area contributed by atoms with Crippen LogP contribution >= 0.6 is 0 Å². The van der Waals surface area contributed by atoms with Gasteiger partial charge in [-0.1, -0.05) is 24.3 Å². The predicted octanol–water partition coefficient (Wildman–Crippen LogP) is 1.29. The van der Waals surface area contributed by atoms with E-state index in [0.717, 1.165) is 18.2 Å². The van der Waals surface area contributed by atoms with Crippen molar-refractivity contribution < 1.29 is 14.7 Å². The van der Waals surface area contributed by atoms with Crippen molar-refractivity contribution in [1.82, 2.24) is 0 Å². The van der Waals surface area contributed by atoms with Crippen LogP contribution in [0.5, 0.6) is 5.75 Å². The molecular weight excluding hydrogens is 203 g/mol. The lowest BCUT2D eigenvalue weighted by molar-refractivity contribution is 0.289. The zero-order valence-corrected chi connectivity index (χ0v) is 8.68. The van der Waals surface area contributed by atoms with Crippen LogP contribution < -0.4 is 4.65 Å². The fourth-order valence-electron chi connectivity index (χ4n) is 2.44. The second-order valence-corrected chi connectivity index (χ2v) is 4.01. The van der Waals surface area contributed by atoms with Gasteiger partial charge in [-0.05, 0) is 35.4 Å². The van der Waals surface area contributed by atoms with E-state index in [9.17, 15) is 0 Å². The topological polar surface area (TPSA) is 49.7 Å². The van der Waals surface area contributed by atoms with Gasteiger partial charge >= 0.3 is 7.32 Å². The van der Waals surface area contributed by atoms with Crippen molar-refractivity contribution in [3.05, 3.63) is 41.5 Å². The van der Waals surface area contributed by atoms with E-state index in [4.69, 9.17) is 14.7 Å². The van der Waals surface area contributed by atoms with Gasteiger partial charge in [0, 0.05) is 5.39 Å². The van der Waals surface area contributed by atoms with Crippen molar-refractivity contribution in [3.63, 3.8) is 0 Å². The summed E-state index contributed by atoms with van der Waals surface area (Å²) in [6.45, 7) is 0. The molecule has 0 heterocycles. The minimum absolute atomic E-state index is 0.525. The van der Waals surface area contributed by atoms with Crippen molar-refractivity contribution in [2.45, 2.75) is 12.8 Å². The third-order valence-electron chi connectivity index (χ3n) is 3.07. The van der Waals surface area contributed by atoms with Crippen LogP contribution in [0.1, 0.15) is 11.1 Å². The minimum Gasteiger partial charge on any atom is -0.512 e. The van der Waals surface area contributed by atoms with E-state index in [2.05, 4.69) is 6.07 Å². The summed E-state index contributed by atoms with van der Waals surface area (Å²) in [5.74, 6) is 0.525. The van der Waals surface area contributed by atoms with Gasteiger partial charge in [0.15, 0.2) is 0 Å². The van der Waals surface area contributed by atoms with E-state index in [0.29, 0.717) is 5.75 Å². The Morgan fingerprint density at radius 2 is 1.75 bits per heavy atom. The molecule has 0 saturated carbocycles. The summed E-state index contributed by atoms with van der Waals surface area (Å²) in [5.41, 5.74) is 2.62. The molecule has 0 fully saturated rings. The molecule has 0 aromatic heterocycles. The molecule has 3 rings (SSSR count). The van der Waals surface area contributed by atoms with Crippen LogP contribution in [0.15, 0.2) is 30.3 Å². The van der Waals surface area contributed by atoms with Gasteiger partial charge in [-0.3, -0.25) is 0 Å². The van der Waals surface area contributed by atoms with Gasteiger partial charge in [0.1, 0.15) is 5.75 Å². The van der Waals surface area contributed by atoms with Gasteiger partial charge in [-0.25, -0.2) is 0 Å². The number of hydrogen-bond acceptors (Lipinski definition) is 3. The molecule has 1 aliphatic carbocycles. The van der Waals surface area contributed by atoms with Gasteiger partial charge in [0.05, 0.1) is 0 Å². The quantitative estimate of drug-likeness (QED) is 0.740. The smallest absolute Gasteiger partial charge is 0.512 e. The normalized spacial score (nSPS) is 13.1. The molecule has 4 heteroatoms. The maximum atomic E-state index is 8.85. The molecule has 0 aliphatic heterocycles. The molecule has 0 spiro atoms. The number of rotatable bonds is 2. The Bertz CT molecular complexity index is 541. The van der Waals surface area contributed by atoms with Crippen molar-refractivity contribution in [2.75, 3.05) is 0 Å². The van der Waals surface area contributed by atoms with Crippen LogP contribution in [0.4, 0.5) is 0 Å². The number of aryl methyl sites for hydroxylation is 2. The molecule has 1 aliphatic rings. The summed E-state index contributed by atoms with van der Waals surface area (Å²) in [7, 11) is -1.77. The summed E-state index contributed by atoms with van der Waals surface area (Å²) in [5, 5.41) is 19.9. The predicted molar refractivity (Wildman–Crippen MR) is 62.2 cm³/mol. The van der Waals surface area contributed by atoms with E-state index >= 15 is 0 Å². The lowest BCUT2D eigenvalue weighted by Gasteiger charge is -2.10. The highest BCUT2D eigenvalue weighted by molar-refractivity contribution is 6.34. The lowest BCUT2D eigenvalue weighted by Crippen LogP contribution is -2.20. The minimum atomic E-state index is -1.77. The highest BCUT2D eigenvalue weighted by Crippen LogP contribution is 2.36. The van der Waals surface area contributed by atoms with Crippen LogP contribution in [0.3, 0.4) is 0 Å². The van der Waals surface area contributed by atoms with Crippen molar-refractivity contribution in [2.24, 2.45) is 0 Å². The van der Waals surface area contributed by atoms with Gasteiger partial charge < -0.3 is 14.7 Å². The molecule has 0 amide bonds. The maximum absolute atomic E-state index is 8.85. The summed E-state index contributed by atoms with van der Waals surface area (Å²) in [6.07, 6.45) is 2.11. The van der Waals surface area contributed by atoms with Crippen LogP contribution in [0, 0.1) is 0 Å². The molecule has 0 radical (unpaired) electrons. The lowest BCUT2D eigenvalue weighted by atomic mass is 10.0. The molecule has 0 bridgehead atoms. The van der Waals surface area contributed by atoms with Crippen molar-refractivity contribution in [1.29, 1.82) is 0 Å². The fourth-order valence-corrected chi connectivity index (χ4v) is 2.44. The number of benzene rings is 2. The van der Waals surface area contributed by atoms with Crippen molar-refractivity contribution in [3.8, 4) is 5.75 Å². The average Bonchev–Trinajstić information content (AvgIpc) is 2.67. The Morgan fingerprint density at radius 1 is 1.00 bits per heavy atom. The van der Waals surface area contributed by atoms with E-state index in [1.807, 2.05) is 18.2 Å². The highest BCUT2D eigenvalue weighted by atomic mass is 16.6. The summed E-state index contributed by atoms with van der Waals surface area (Å²) in [4.78, 5) is 0. The van der Waals surface area contributed by atoms with Gasteiger partial charge in [-0.2, -0.15) is 0 Å². The molecule has 80 valence electrons. The Balaban J connectivity index is 2.25. The molecule has 0 saturated heterocycles. The monoisotopic (exact) mass is 214 g/mol. The van der Waals surface area contributed by atoms with E-state index in [1.165, 1.54) is 16.5 Å². The first-order valence-corrected chi connectivity index (χ1v) is 5.32. The molecule has 16 heavy (non-hydrogen) atoms. The molecule has 2 aromatic rings. The molecule has 2 aromatic carbocycles. The molecule has 0 atom stereocenters. The summed E-state index contributed by atoms with van der Waals surface area (Å²) < 4.78 is 4.98. The third-order valence-corrected chi connectivity index (χ3v) is 3.07. The van der Waals surface area contributed by atoms with E-state index in [1.54, 1.807) is 6.07 Å². The van der Waals surface area contributed by atoms with E-state index < -0.39 is 7.32 Å². The first-order valence-electron chi connectivity index (χ1n) is 5.32.